The number of hydrogen-bond donors (Lipinski definition) is 0. The summed E-state index contributed by atoms with van der Waals surface area (Å²) in [6.07, 6.45) is 2.17. The molecule has 0 saturated carbocycles. The third-order valence-electron chi connectivity index (χ3n) is 4.22. The summed E-state index contributed by atoms with van der Waals surface area (Å²) in [6.45, 7) is 0.742. The highest BCUT2D eigenvalue weighted by Crippen LogP contribution is 2.29. The van der Waals surface area contributed by atoms with Gasteiger partial charge in [0.15, 0.2) is 6.23 Å². The Morgan fingerprint density at radius 1 is 1.21 bits per heavy atom. The van der Waals surface area contributed by atoms with Crippen LogP contribution in [0.4, 0.5) is 0 Å². The summed E-state index contributed by atoms with van der Waals surface area (Å²) in [4.78, 5) is 0. The van der Waals surface area contributed by atoms with Crippen LogP contribution in [0.5, 0.6) is 0 Å². The van der Waals surface area contributed by atoms with E-state index in [0.29, 0.717) is 31.7 Å². The lowest BCUT2D eigenvalue weighted by atomic mass is 9.96. The first-order valence-electron chi connectivity index (χ1n) is 7.96. The average Bonchev–Trinajstić information content (AvgIpc) is 3.24. The number of nitrogens with zero attached hydrogens (tertiary/aromatic N) is 3. The van der Waals surface area contributed by atoms with Crippen molar-refractivity contribution < 1.29 is 23.7 Å². The average molecular weight is 333 g/mol. The Morgan fingerprint density at radius 2 is 1.96 bits per heavy atom. The van der Waals surface area contributed by atoms with Crippen molar-refractivity contribution in [1.82, 2.24) is 15.0 Å². The van der Waals surface area contributed by atoms with E-state index < -0.39 is 0 Å². The van der Waals surface area contributed by atoms with Gasteiger partial charge in [0, 0.05) is 26.2 Å². The van der Waals surface area contributed by atoms with Crippen molar-refractivity contribution in [3.63, 3.8) is 0 Å². The zero-order valence-corrected chi connectivity index (χ0v) is 13.9. The molecule has 1 aromatic heterocycles. The molecule has 6 atom stereocenters. The molecule has 0 aromatic carbocycles. The molecule has 3 rings (SSSR count). The van der Waals surface area contributed by atoms with Gasteiger partial charge in [-0.15, -0.1) is 5.10 Å². The van der Waals surface area contributed by atoms with Gasteiger partial charge in [-0.25, -0.2) is 4.68 Å². The molecule has 0 aliphatic carbocycles. The largest absolute Gasteiger partial charge is 0.382 e. The van der Waals surface area contributed by atoms with Crippen molar-refractivity contribution in [1.29, 1.82) is 0 Å². The lowest BCUT2D eigenvalue weighted by molar-refractivity contribution is -0.0524. The summed E-state index contributed by atoms with van der Waals surface area (Å²) in [6, 6.07) is -0.697. The van der Waals surface area contributed by atoms with Crippen LogP contribution in [0.25, 0.3) is 0 Å². The molecular weight excluding hydrogens is 312 g/mol. The van der Waals surface area contributed by atoms with E-state index in [1.807, 2.05) is 0 Å². The predicted molar refractivity (Wildman–Crippen MR) is 84.6 cm³/mol. The minimum atomic E-state index is -0.379. The number of ether oxygens (including phenoxy) is 5. The highest BCUT2D eigenvalue weighted by atomic mass is 16.6. The maximum Gasteiger partial charge on any atom is 0.177 e. The van der Waals surface area contributed by atoms with Gasteiger partial charge in [-0.05, 0) is 12.8 Å². The molecule has 2 fully saturated rings. The monoisotopic (exact) mass is 333 g/mol. The molecule has 2 saturated heterocycles. The van der Waals surface area contributed by atoms with Crippen molar-refractivity contribution in [3.05, 3.63) is 11.9 Å². The van der Waals surface area contributed by atoms with Crippen LogP contribution in [0.15, 0.2) is 6.20 Å². The fourth-order valence-electron chi connectivity index (χ4n) is 3.04. The number of aromatic nitrogens is 3. The first-order chi connectivity index (χ1) is 11.6. The zero-order chi connectivity index (χ0) is 17.1. The van der Waals surface area contributed by atoms with Crippen LogP contribution in [0, 0.1) is 0 Å². The van der Waals surface area contributed by atoms with Crippen molar-refractivity contribution in [2.45, 2.75) is 56.0 Å². The highest BCUT2D eigenvalue weighted by Gasteiger charge is 2.36. The van der Waals surface area contributed by atoms with E-state index in [1.54, 1.807) is 25.1 Å². The molecule has 8 nitrogen and oxygen atoms in total. The van der Waals surface area contributed by atoms with Crippen LogP contribution in [-0.4, -0.2) is 81.8 Å². The van der Waals surface area contributed by atoms with Crippen LogP contribution in [0.1, 0.15) is 24.8 Å². The molecule has 4 radical (unpaired) electrons. The second-order valence-corrected chi connectivity index (χ2v) is 6.02. The Balaban J connectivity index is 1.56. The van der Waals surface area contributed by atoms with E-state index in [-0.39, 0.29) is 36.5 Å². The van der Waals surface area contributed by atoms with Crippen LogP contribution >= 0.6 is 0 Å². The van der Waals surface area contributed by atoms with E-state index in [9.17, 15) is 0 Å². The second kappa shape index (κ2) is 7.97. The summed E-state index contributed by atoms with van der Waals surface area (Å²) in [7, 11) is 14.9. The Labute approximate surface area is 143 Å². The van der Waals surface area contributed by atoms with Gasteiger partial charge >= 0.3 is 0 Å². The van der Waals surface area contributed by atoms with Gasteiger partial charge < -0.3 is 23.7 Å². The Morgan fingerprint density at radius 3 is 2.71 bits per heavy atom. The Hall–Kier alpha value is -0.930. The number of hydrogen-bond acceptors (Lipinski definition) is 7. The van der Waals surface area contributed by atoms with E-state index in [1.165, 1.54) is 0 Å². The normalized spacial score (nSPS) is 36.4. The smallest absolute Gasteiger partial charge is 0.177 e. The predicted octanol–water partition coefficient (Wildman–Crippen LogP) is -0.478. The van der Waals surface area contributed by atoms with E-state index in [0.717, 1.165) is 0 Å². The maximum atomic E-state index is 5.88. The molecule has 0 bridgehead atoms. The molecule has 2 aliphatic rings. The van der Waals surface area contributed by atoms with E-state index in [4.69, 9.17) is 39.4 Å². The summed E-state index contributed by atoms with van der Waals surface area (Å²) in [5, 5.41) is 8.21. The molecular formula is C14H21B2N3O5. The minimum absolute atomic E-state index is 0.132. The second-order valence-electron chi connectivity index (χ2n) is 6.02. The van der Waals surface area contributed by atoms with Crippen molar-refractivity contribution in [2.75, 3.05) is 20.8 Å². The van der Waals surface area contributed by atoms with Crippen LogP contribution in [-0.2, 0) is 30.3 Å². The van der Waals surface area contributed by atoms with Gasteiger partial charge in [0.05, 0.1) is 25.5 Å². The third kappa shape index (κ3) is 4.00. The van der Waals surface area contributed by atoms with Gasteiger partial charge in [-0.1, -0.05) is 5.21 Å². The molecule has 2 aliphatic heterocycles. The molecule has 0 amide bonds. The minimum Gasteiger partial charge on any atom is -0.382 e. The lowest BCUT2D eigenvalue weighted by Crippen LogP contribution is -2.28. The first kappa shape index (κ1) is 17.9. The Bertz CT molecular complexity index is 534. The van der Waals surface area contributed by atoms with Gasteiger partial charge in [0.1, 0.15) is 33.6 Å². The summed E-state index contributed by atoms with van der Waals surface area (Å²) in [5.74, 6) is 0. The highest BCUT2D eigenvalue weighted by molar-refractivity contribution is 6.11. The zero-order valence-electron chi connectivity index (χ0n) is 13.9. The maximum absolute atomic E-state index is 5.88. The quantitative estimate of drug-likeness (QED) is 0.624. The molecule has 0 N–H and O–H groups in total. The van der Waals surface area contributed by atoms with Crippen LogP contribution < -0.4 is 0 Å². The lowest BCUT2D eigenvalue weighted by Gasteiger charge is -2.18. The molecule has 1 aromatic rings. The van der Waals surface area contributed by atoms with Crippen LogP contribution in [0.3, 0.4) is 0 Å². The van der Waals surface area contributed by atoms with Gasteiger partial charge in [0.2, 0.25) is 0 Å². The van der Waals surface area contributed by atoms with E-state index in [2.05, 4.69) is 10.3 Å². The van der Waals surface area contributed by atoms with Gasteiger partial charge in [-0.3, -0.25) is 0 Å². The van der Waals surface area contributed by atoms with Crippen LogP contribution in [0.2, 0.25) is 0 Å². The first-order valence-corrected chi connectivity index (χ1v) is 7.96. The van der Waals surface area contributed by atoms with Crippen molar-refractivity contribution in [2.24, 2.45) is 0 Å². The SMILES string of the molecule is [B][C@H]1C[C@@H](OCc2cn([C@H]3O[C@@H]([B])C[C@H]3OC)nn2)[C@@H](COC)O1. The summed E-state index contributed by atoms with van der Waals surface area (Å²) >= 11 is 0. The number of methoxy groups -OCH3 is 2. The fourth-order valence-corrected chi connectivity index (χ4v) is 3.04. The summed E-state index contributed by atoms with van der Waals surface area (Å²) in [5.41, 5.74) is 0.686. The molecule has 128 valence electrons. The molecule has 24 heavy (non-hydrogen) atoms. The standard InChI is InChI=1S/C14H21B2N3O5/c1-20-7-11-9(3-12(15)23-11)22-6-8-5-19(18-17-8)14-10(21-2)4-13(16)24-14/h5,9-14H,3-4,6-7H2,1-2H3/t9-,10-,11-,12-,13-,14+/m1/s1. The van der Waals surface area contributed by atoms with Crippen molar-refractivity contribution >= 4 is 15.7 Å². The van der Waals surface area contributed by atoms with Gasteiger partial charge in [-0.2, -0.15) is 0 Å². The Kier molecular flexibility index (Phi) is 5.93. The van der Waals surface area contributed by atoms with Crippen molar-refractivity contribution in [3.8, 4) is 0 Å². The third-order valence-corrected chi connectivity index (χ3v) is 4.22. The molecule has 10 heteroatoms. The fraction of sp³-hybridized carbons (Fsp3) is 0.857. The summed E-state index contributed by atoms with van der Waals surface area (Å²) < 4.78 is 29.2. The molecule has 3 heterocycles. The molecule has 0 unspecified atom stereocenters. The van der Waals surface area contributed by atoms with Gasteiger partial charge in [0.25, 0.3) is 0 Å². The topological polar surface area (TPSA) is 76.9 Å². The number of rotatable bonds is 7. The van der Waals surface area contributed by atoms with E-state index >= 15 is 0 Å². The molecule has 0 spiro atoms.